The minimum absolute atomic E-state index is 0.0933. The molecule has 1 heterocycles. The van der Waals surface area contributed by atoms with Gasteiger partial charge in [-0.2, -0.15) is 0 Å². The number of alkyl halides is 1. The molecule has 1 unspecified atom stereocenters. The number of ether oxygens (including phenoxy) is 2. The maximum atomic E-state index is 6.25. The summed E-state index contributed by atoms with van der Waals surface area (Å²) in [4.78, 5) is 0. The fourth-order valence-corrected chi connectivity index (χ4v) is 4.38. The first-order valence-electron chi connectivity index (χ1n) is 7.36. The molecular weight excluding hydrogens is 340 g/mol. The normalized spacial score (nSPS) is 25.0. The van der Waals surface area contributed by atoms with E-state index in [1.807, 2.05) is 18.2 Å². The third kappa shape index (κ3) is 3.00. The van der Waals surface area contributed by atoms with Gasteiger partial charge in [0.05, 0.1) is 12.2 Å². The Kier molecular flexibility index (Phi) is 4.58. The second kappa shape index (κ2) is 6.25. The summed E-state index contributed by atoms with van der Waals surface area (Å²) >= 11 is 9.73. The lowest BCUT2D eigenvalue weighted by Gasteiger charge is -2.38. The largest absolute Gasteiger partial charge is 0.490 e. The third-order valence-corrected chi connectivity index (χ3v) is 5.38. The smallest absolute Gasteiger partial charge is 0.125 e. The Hall–Kier alpha value is -0.250. The maximum Gasteiger partial charge on any atom is 0.125 e. The lowest BCUT2D eigenvalue weighted by Crippen LogP contribution is -2.41. The Morgan fingerprint density at radius 2 is 2.15 bits per heavy atom. The molecule has 20 heavy (non-hydrogen) atoms. The fraction of sp³-hybridized carbons (Fsp3) is 0.625. The van der Waals surface area contributed by atoms with E-state index in [0.29, 0.717) is 0 Å². The Bertz CT molecular complexity index is 472. The minimum Gasteiger partial charge on any atom is -0.490 e. The summed E-state index contributed by atoms with van der Waals surface area (Å²) in [6, 6.07) is 5.88. The van der Waals surface area contributed by atoms with Crippen LogP contribution < -0.4 is 4.74 Å². The van der Waals surface area contributed by atoms with Gasteiger partial charge in [-0.25, -0.2) is 0 Å². The maximum absolute atomic E-state index is 6.25. The summed E-state index contributed by atoms with van der Waals surface area (Å²) in [7, 11) is 0. The molecule has 110 valence electrons. The van der Waals surface area contributed by atoms with Gasteiger partial charge in [-0.05, 0) is 25.0 Å². The molecule has 1 atom stereocenters. The summed E-state index contributed by atoms with van der Waals surface area (Å²) in [5, 5.41) is 1.48. The van der Waals surface area contributed by atoms with Crippen LogP contribution in [0.5, 0.6) is 5.75 Å². The molecule has 0 amide bonds. The molecular formula is C16H20BrClO2. The van der Waals surface area contributed by atoms with Crippen LogP contribution in [-0.4, -0.2) is 18.3 Å². The molecule has 4 heteroatoms. The topological polar surface area (TPSA) is 18.5 Å². The zero-order chi connectivity index (χ0) is 14.0. The van der Waals surface area contributed by atoms with E-state index in [4.69, 9.17) is 21.1 Å². The van der Waals surface area contributed by atoms with Gasteiger partial charge in [-0.3, -0.25) is 0 Å². The lowest BCUT2D eigenvalue weighted by molar-refractivity contribution is -0.108. The molecule has 1 aromatic carbocycles. The first-order valence-corrected chi connectivity index (χ1v) is 8.86. The molecule has 3 rings (SSSR count). The highest BCUT2D eigenvalue weighted by Gasteiger charge is 2.40. The summed E-state index contributed by atoms with van der Waals surface area (Å²) in [5.41, 5.74) is 1.14. The molecule has 2 aliphatic rings. The molecule has 1 spiro atoms. The highest BCUT2D eigenvalue weighted by atomic mass is 79.9. The Balaban J connectivity index is 1.73. The number of rotatable bonds is 3. The van der Waals surface area contributed by atoms with Crippen molar-refractivity contribution in [1.82, 2.24) is 0 Å². The third-order valence-electron chi connectivity index (χ3n) is 4.47. The van der Waals surface area contributed by atoms with E-state index < -0.39 is 0 Å². The summed E-state index contributed by atoms with van der Waals surface area (Å²) in [6.07, 6.45) is 7.18. The van der Waals surface area contributed by atoms with Gasteiger partial charge in [0.15, 0.2) is 0 Å². The first kappa shape index (κ1) is 14.7. The van der Waals surface area contributed by atoms with Gasteiger partial charge in [-0.1, -0.05) is 46.4 Å². The average molecular weight is 360 g/mol. The average Bonchev–Trinajstić information content (AvgIpc) is 2.87. The van der Waals surface area contributed by atoms with Gasteiger partial charge in [0.25, 0.3) is 0 Å². The predicted octanol–water partition coefficient (Wildman–Crippen LogP) is 5.11. The van der Waals surface area contributed by atoms with Crippen LogP contribution >= 0.6 is 27.5 Å². The molecule has 1 saturated carbocycles. The van der Waals surface area contributed by atoms with Crippen molar-refractivity contribution in [1.29, 1.82) is 0 Å². The van der Waals surface area contributed by atoms with E-state index >= 15 is 0 Å². The van der Waals surface area contributed by atoms with Crippen LogP contribution in [0.3, 0.4) is 0 Å². The van der Waals surface area contributed by atoms with Crippen molar-refractivity contribution in [3.05, 3.63) is 28.8 Å². The van der Waals surface area contributed by atoms with Crippen LogP contribution in [0.25, 0.3) is 0 Å². The second-order valence-corrected chi connectivity index (χ2v) is 6.79. The quantitative estimate of drug-likeness (QED) is 0.699. The molecule has 1 saturated heterocycles. The summed E-state index contributed by atoms with van der Waals surface area (Å²) in [6.45, 7) is 0.814. The second-order valence-electron chi connectivity index (χ2n) is 5.82. The van der Waals surface area contributed by atoms with Crippen molar-refractivity contribution in [3.8, 4) is 5.75 Å². The molecule has 0 aromatic heterocycles. The van der Waals surface area contributed by atoms with Gasteiger partial charge >= 0.3 is 0 Å². The van der Waals surface area contributed by atoms with Crippen LogP contribution in [0.15, 0.2) is 18.2 Å². The SMILES string of the molecule is Clc1cccc(OC2CCOC3(CCCC3)C2)c1CBr. The van der Waals surface area contributed by atoms with Crippen molar-refractivity contribution >= 4 is 27.5 Å². The number of halogens is 2. The van der Waals surface area contributed by atoms with E-state index in [1.165, 1.54) is 25.7 Å². The molecule has 1 aromatic rings. The van der Waals surface area contributed by atoms with Crippen LogP contribution in [0.2, 0.25) is 5.02 Å². The van der Waals surface area contributed by atoms with Gasteiger partial charge < -0.3 is 9.47 Å². The number of hydrogen-bond acceptors (Lipinski definition) is 2. The van der Waals surface area contributed by atoms with Crippen molar-refractivity contribution in [2.45, 2.75) is 55.6 Å². The standard InChI is InChI=1S/C16H20BrClO2/c17-11-13-14(18)4-3-5-15(13)20-12-6-9-19-16(10-12)7-1-2-8-16/h3-5,12H,1-2,6-11H2. The van der Waals surface area contributed by atoms with Gasteiger partial charge in [0.2, 0.25) is 0 Å². The molecule has 0 bridgehead atoms. The zero-order valence-electron chi connectivity index (χ0n) is 11.5. The lowest BCUT2D eigenvalue weighted by atomic mass is 9.90. The Morgan fingerprint density at radius 1 is 1.35 bits per heavy atom. The van der Waals surface area contributed by atoms with E-state index in [-0.39, 0.29) is 11.7 Å². The highest BCUT2D eigenvalue weighted by Crippen LogP contribution is 2.41. The van der Waals surface area contributed by atoms with Gasteiger partial charge in [0, 0.05) is 28.8 Å². The van der Waals surface area contributed by atoms with Crippen LogP contribution in [0, 0.1) is 0 Å². The minimum atomic E-state index is 0.0933. The van der Waals surface area contributed by atoms with Crippen LogP contribution in [0.4, 0.5) is 0 Å². The predicted molar refractivity (Wildman–Crippen MR) is 84.9 cm³/mol. The first-order chi connectivity index (χ1) is 9.72. The van der Waals surface area contributed by atoms with Crippen molar-refractivity contribution in [3.63, 3.8) is 0 Å². The van der Waals surface area contributed by atoms with Crippen LogP contribution in [-0.2, 0) is 10.1 Å². The van der Waals surface area contributed by atoms with Gasteiger partial charge in [0.1, 0.15) is 11.9 Å². The number of hydrogen-bond donors (Lipinski definition) is 0. The Morgan fingerprint density at radius 3 is 2.90 bits per heavy atom. The molecule has 0 radical (unpaired) electrons. The fourth-order valence-electron chi connectivity index (χ4n) is 3.41. The van der Waals surface area contributed by atoms with E-state index in [0.717, 1.165) is 41.1 Å². The highest BCUT2D eigenvalue weighted by molar-refractivity contribution is 9.08. The van der Waals surface area contributed by atoms with Crippen LogP contribution in [0.1, 0.15) is 44.1 Å². The van der Waals surface area contributed by atoms with E-state index in [1.54, 1.807) is 0 Å². The molecule has 2 fully saturated rings. The number of benzene rings is 1. The zero-order valence-corrected chi connectivity index (χ0v) is 13.9. The molecule has 1 aliphatic carbocycles. The van der Waals surface area contributed by atoms with E-state index in [2.05, 4.69) is 15.9 Å². The molecule has 2 nitrogen and oxygen atoms in total. The monoisotopic (exact) mass is 358 g/mol. The molecule has 1 aliphatic heterocycles. The van der Waals surface area contributed by atoms with Gasteiger partial charge in [-0.15, -0.1) is 0 Å². The van der Waals surface area contributed by atoms with Crippen molar-refractivity contribution in [2.75, 3.05) is 6.61 Å². The summed E-state index contributed by atoms with van der Waals surface area (Å²) < 4.78 is 12.3. The van der Waals surface area contributed by atoms with Crippen molar-refractivity contribution in [2.24, 2.45) is 0 Å². The van der Waals surface area contributed by atoms with E-state index in [9.17, 15) is 0 Å². The Labute approximate surface area is 133 Å². The summed E-state index contributed by atoms with van der Waals surface area (Å²) in [5.74, 6) is 0.912. The van der Waals surface area contributed by atoms with Crippen molar-refractivity contribution < 1.29 is 9.47 Å². The molecule has 0 N–H and O–H groups in total.